The molecule has 1 atom stereocenters. The number of carbonyl (C=O) groups excluding carboxylic acids is 1. The van der Waals surface area contributed by atoms with Crippen molar-refractivity contribution in [2.45, 2.75) is 44.8 Å². The Balaban J connectivity index is 2.15. The van der Waals surface area contributed by atoms with Crippen LogP contribution in [0.1, 0.15) is 32.3 Å². The number of nitrogens with zero attached hydrogens (tertiary/aromatic N) is 1. The lowest BCUT2D eigenvalue weighted by Gasteiger charge is -2.34. The summed E-state index contributed by atoms with van der Waals surface area (Å²) in [6.45, 7) is 5.32. The third-order valence-corrected chi connectivity index (χ3v) is 3.58. The Morgan fingerprint density at radius 3 is 2.69 bits per heavy atom. The van der Waals surface area contributed by atoms with Gasteiger partial charge in [-0.05, 0) is 32.3 Å². The number of aldehydes is 1. The lowest BCUT2D eigenvalue weighted by Crippen LogP contribution is -2.42. The third kappa shape index (κ3) is 2.17. The molecule has 0 spiro atoms. The molecular weight excluding hydrogens is 198 g/mol. The van der Waals surface area contributed by atoms with Crippen LogP contribution in [0.5, 0.6) is 0 Å². The summed E-state index contributed by atoms with van der Waals surface area (Å²) in [5, 5.41) is 0. The molecule has 1 heterocycles. The average Bonchev–Trinajstić information content (AvgIpc) is 2.56. The second-order valence-electron chi connectivity index (χ2n) is 5.17. The number of rotatable bonds is 3. The predicted molar refractivity (Wildman–Crippen MR) is 65.2 cm³/mol. The van der Waals surface area contributed by atoms with Crippen molar-refractivity contribution in [2.24, 2.45) is 0 Å². The third-order valence-electron chi connectivity index (χ3n) is 3.58. The summed E-state index contributed by atoms with van der Waals surface area (Å²) in [4.78, 5) is 13.4. The molecule has 1 aromatic rings. The Morgan fingerprint density at radius 2 is 2.06 bits per heavy atom. The Kier molecular flexibility index (Phi) is 3.10. The van der Waals surface area contributed by atoms with E-state index in [4.69, 9.17) is 0 Å². The van der Waals surface area contributed by atoms with E-state index in [0.29, 0.717) is 0 Å². The molecule has 2 rings (SSSR count). The minimum Gasteiger partial charge on any atom is -0.302 e. The quantitative estimate of drug-likeness (QED) is 0.725. The van der Waals surface area contributed by atoms with E-state index in [-0.39, 0.29) is 11.6 Å². The molecular formula is C14H19NO. The van der Waals surface area contributed by atoms with Gasteiger partial charge in [-0.1, -0.05) is 30.3 Å². The number of likely N-dealkylation sites (tertiary alicyclic amines) is 1. The summed E-state index contributed by atoms with van der Waals surface area (Å²) in [7, 11) is 0. The molecule has 0 unspecified atom stereocenters. The molecule has 2 heteroatoms. The van der Waals surface area contributed by atoms with Gasteiger partial charge in [0.05, 0.1) is 6.04 Å². The highest BCUT2D eigenvalue weighted by atomic mass is 16.1. The van der Waals surface area contributed by atoms with Gasteiger partial charge in [-0.2, -0.15) is 0 Å². The van der Waals surface area contributed by atoms with Crippen molar-refractivity contribution in [3.63, 3.8) is 0 Å². The Hall–Kier alpha value is -1.15. The van der Waals surface area contributed by atoms with Crippen molar-refractivity contribution in [3.8, 4) is 0 Å². The van der Waals surface area contributed by atoms with E-state index in [1.807, 2.05) is 18.2 Å². The van der Waals surface area contributed by atoms with Crippen molar-refractivity contribution in [1.82, 2.24) is 4.90 Å². The van der Waals surface area contributed by atoms with Crippen LogP contribution in [0.4, 0.5) is 0 Å². The SMILES string of the molecule is CC1(C)CC[C@H](C=O)N1Cc1ccccc1. The van der Waals surface area contributed by atoms with Crippen LogP contribution in [-0.4, -0.2) is 22.8 Å². The van der Waals surface area contributed by atoms with Crippen molar-refractivity contribution in [3.05, 3.63) is 35.9 Å². The van der Waals surface area contributed by atoms with Crippen LogP contribution in [0, 0.1) is 0 Å². The molecule has 1 fully saturated rings. The summed E-state index contributed by atoms with van der Waals surface area (Å²) in [5.41, 5.74) is 1.42. The minimum absolute atomic E-state index is 0.0928. The molecule has 0 bridgehead atoms. The maximum atomic E-state index is 11.1. The Bertz CT molecular complexity index is 358. The van der Waals surface area contributed by atoms with E-state index in [9.17, 15) is 4.79 Å². The van der Waals surface area contributed by atoms with Crippen molar-refractivity contribution < 1.29 is 4.79 Å². The molecule has 1 aromatic carbocycles. The Morgan fingerprint density at radius 1 is 1.38 bits per heavy atom. The van der Waals surface area contributed by atoms with Crippen LogP contribution in [0.3, 0.4) is 0 Å². The average molecular weight is 217 g/mol. The van der Waals surface area contributed by atoms with Crippen molar-refractivity contribution in [1.29, 1.82) is 0 Å². The first kappa shape index (κ1) is 11.3. The molecule has 0 aromatic heterocycles. The first-order valence-corrected chi connectivity index (χ1v) is 5.89. The first-order chi connectivity index (χ1) is 7.63. The van der Waals surface area contributed by atoms with Crippen molar-refractivity contribution >= 4 is 6.29 Å². The fraction of sp³-hybridized carbons (Fsp3) is 0.500. The highest BCUT2D eigenvalue weighted by Crippen LogP contribution is 2.33. The lowest BCUT2D eigenvalue weighted by molar-refractivity contribution is -0.112. The highest BCUT2D eigenvalue weighted by Gasteiger charge is 2.38. The first-order valence-electron chi connectivity index (χ1n) is 5.89. The number of carbonyl (C=O) groups is 1. The van der Waals surface area contributed by atoms with Gasteiger partial charge in [-0.25, -0.2) is 0 Å². The Labute approximate surface area is 97.3 Å². The van der Waals surface area contributed by atoms with Crippen LogP contribution in [0.2, 0.25) is 0 Å². The summed E-state index contributed by atoms with van der Waals surface area (Å²) in [6, 6.07) is 10.5. The molecule has 1 saturated heterocycles. The smallest absolute Gasteiger partial charge is 0.137 e. The van der Waals surface area contributed by atoms with Gasteiger partial charge in [0, 0.05) is 12.1 Å². The second kappa shape index (κ2) is 4.38. The van der Waals surface area contributed by atoms with Gasteiger partial charge in [0.2, 0.25) is 0 Å². The molecule has 0 N–H and O–H groups in total. The summed E-state index contributed by atoms with van der Waals surface area (Å²) >= 11 is 0. The van der Waals surface area contributed by atoms with E-state index < -0.39 is 0 Å². The minimum atomic E-state index is 0.0928. The van der Waals surface area contributed by atoms with Gasteiger partial charge in [-0.15, -0.1) is 0 Å². The zero-order valence-corrected chi connectivity index (χ0v) is 10.0. The molecule has 86 valence electrons. The maximum absolute atomic E-state index is 11.1. The lowest BCUT2D eigenvalue weighted by atomic mass is 10.0. The molecule has 1 aliphatic heterocycles. The summed E-state index contributed by atoms with van der Waals surface area (Å²) in [6.07, 6.45) is 3.18. The van der Waals surface area contributed by atoms with E-state index in [0.717, 1.165) is 25.7 Å². The number of benzene rings is 1. The van der Waals surface area contributed by atoms with Crippen LogP contribution < -0.4 is 0 Å². The van der Waals surface area contributed by atoms with Gasteiger partial charge in [-0.3, -0.25) is 4.90 Å². The van der Waals surface area contributed by atoms with Crippen molar-refractivity contribution in [2.75, 3.05) is 0 Å². The van der Waals surface area contributed by atoms with E-state index in [2.05, 4.69) is 30.9 Å². The largest absolute Gasteiger partial charge is 0.302 e. The normalized spacial score (nSPS) is 24.5. The van der Waals surface area contributed by atoms with E-state index >= 15 is 0 Å². The highest BCUT2D eigenvalue weighted by molar-refractivity contribution is 5.58. The van der Waals surface area contributed by atoms with Gasteiger partial charge >= 0.3 is 0 Å². The van der Waals surface area contributed by atoms with Crippen LogP contribution >= 0.6 is 0 Å². The topological polar surface area (TPSA) is 20.3 Å². The fourth-order valence-electron chi connectivity index (χ4n) is 2.50. The number of hydrogen-bond donors (Lipinski definition) is 0. The molecule has 0 amide bonds. The second-order valence-corrected chi connectivity index (χ2v) is 5.17. The zero-order chi connectivity index (χ0) is 11.6. The van der Waals surface area contributed by atoms with Crippen LogP contribution in [0.15, 0.2) is 30.3 Å². The van der Waals surface area contributed by atoms with E-state index in [1.165, 1.54) is 5.56 Å². The molecule has 1 aliphatic rings. The van der Waals surface area contributed by atoms with Gasteiger partial charge in [0.25, 0.3) is 0 Å². The molecule has 2 nitrogen and oxygen atoms in total. The molecule has 16 heavy (non-hydrogen) atoms. The monoisotopic (exact) mass is 217 g/mol. The zero-order valence-electron chi connectivity index (χ0n) is 10.0. The van der Waals surface area contributed by atoms with Gasteiger partial charge in [0.1, 0.15) is 6.29 Å². The maximum Gasteiger partial charge on any atom is 0.137 e. The predicted octanol–water partition coefficient (Wildman–Crippen LogP) is 2.63. The molecule has 0 radical (unpaired) electrons. The van der Waals surface area contributed by atoms with Gasteiger partial charge in [0.15, 0.2) is 0 Å². The fourth-order valence-corrected chi connectivity index (χ4v) is 2.50. The standard InChI is InChI=1S/C14H19NO/c1-14(2)9-8-13(11-16)15(14)10-12-6-4-3-5-7-12/h3-7,11,13H,8-10H2,1-2H3/t13-/m1/s1. The summed E-state index contributed by atoms with van der Waals surface area (Å²) in [5.74, 6) is 0. The van der Waals surface area contributed by atoms with E-state index in [1.54, 1.807) is 0 Å². The molecule has 0 aliphatic carbocycles. The summed E-state index contributed by atoms with van der Waals surface area (Å²) < 4.78 is 0. The van der Waals surface area contributed by atoms with Gasteiger partial charge < -0.3 is 4.79 Å². The molecule has 0 saturated carbocycles. The van der Waals surface area contributed by atoms with Crippen LogP contribution in [-0.2, 0) is 11.3 Å². The number of hydrogen-bond acceptors (Lipinski definition) is 2. The van der Waals surface area contributed by atoms with Crippen LogP contribution in [0.25, 0.3) is 0 Å².